The number of fused-ring (bicyclic) bond motifs is 1. The molecule has 1 saturated carbocycles. The Hall–Kier alpha value is -1.96. The van der Waals surface area contributed by atoms with Gasteiger partial charge in [0.25, 0.3) is 0 Å². The van der Waals surface area contributed by atoms with Crippen LogP contribution in [0.15, 0.2) is 12.1 Å². The highest BCUT2D eigenvalue weighted by Gasteiger charge is 2.36. The molecule has 1 aromatic carbocycles. The van der Waals surface area contributed by atoms with E-state index in [-0.39, 0.29) is 18.0 Å². The molecular formula is C22H32N4O3. The fourth-order valence-corrected chi connectivity index (χ4v) is 4.77. The van der Waals surface area contributed by atoms with Crippen LogP contribution in [0.4, 0.5) is 0 Å². The number of carbonyl (C=O) groups is 1. The first-order valence-corrected chi connectivity index (χ1v) is 10.8. The smallest absolute Gasteiger partial charge is 0.220 e. The number of ether oxygens (including phenoxy) is 1. The van der Waals surface area contributed by atoms with E-state index >= 15 is 0 Å². The summed E-state index contributed by atoms with van der Waals surface area (Å²) in [5.74, 6) is 0.810. The minimum Gasteiger partial charge on any atom is -0.389 e. The van der Waals surface area contributed by atoms with Crippen LogP contribution in [-0.4, -0.2) is 70.4 Å². The van der Waals surface area contributed by atoms with Crippen molar-refractivity contribution in [3.8, 4) is 0 Å². The van der Waals surface area contributed by atoms with E-state index in [1.165, 1.54) is 5.56 Å². The van der Waals surface area contributed by atoms with Gasteiger partial charge in [-0.25, -0.2) is 4.98 Å². The van der Waals surface area contributed by atoms with Gasteiger partial charge in [-0.3, -0.25) is 9.69 Å². The number of nitrogens with one attached hydrogen (secondary N) is 2. The number of carbonyl (C=O) groups excluding carboxylic acids is 1. The Bertz CT molecular complexity index is 859. The molecule has 3 N–H and O–H groups in total. The average molecular weight is 401 g/mol. The van der Waals surface area contributed by atoms with Crippen molar-refractivity contribution >= 4 is 16.9 Å². The van der Waals surface area contributed by atoms with Crippen molar-refractivity contribution in [1.29, 1.82) is 0 Å². The molecule has 7 nitrogen and oxygen atoms in total. The number of aliphatic hydroxyl groups excluding tert-OH is 1. The molecule has 2 aromatic rings. The van der Waals surface area contributed by atoms with Crippen molar-refractivity contribution in [3.63, 3.8) is 0 Å². The molecule has 1 saturated heterocycles. The number of aryl methyl sites for hydroxylation is 3. The van der Waals surface area contributed by atoms with Crippen molar-refractivity contribution in [2.24, 2.45) is 0 Å². The van der Waals surface area contributed by atoms with Gasteiger partial charge in [0.1, 0.15) is 5.82 Å². The van der Waals surface area contributed by atoms with Crippen LogP contribution < -0.4 is 5.32 Å². The van der Waals surface area contributed by atoms with Gasteiger partial charge in [0.2, 0.25) is 5.91 Å². The third-order valence-corrected chi connectivity index (χ3v) is 6.24. The summed E-state index contributed by atoms with van der Waals surface area (Å²) < 4.78 is 5.42. The molecule has 0 bridgehead atoms. The molecule has 2 heterocycles. The number of aromatic amines is 1. The first-order chi connectivity index (χ1) is 14.0. The number of benzene rings is 1. The van der Waals surface area contributed by atoms with Gasteiger partial charge in [-0.05, 0) is 50.3 Å². The summed E-state index contributed by atoms with van der Waals surface area (Å²) in [6.45, 7) is 7.27. The van der Waals surface area contributed by atoms with E-state index < -0.39 is 6.10 Å². The van der Waals surface area contributed by atoms with Crippen LogP contribution in [0, 0.1) is 13.8 Å². The second-order valence-electron chi connectivity index (χ2n) is 8.47. The summed E-state index contributed by atoms with van der Waals surface area (Å²) in [6, 6.07) is 4.14. The van der Waals surface area contributed by atoms with E-state index in [2.05, 4.69) is 46.2 Å². The van der Waals surface area contributed by atoms with Gasteiger partial charge >= 0.3 is 0 Å². The van der Waals surface area contributed by atoms with E-state index in [1.807, 2.05) is 0 Å². The number of rotatable bonds is 5. The molecule has 0 spiro atoms. The predicted molar refractivity (Wildman–Crippen MR) is 112 cm³/mol. The number of aromatic nitrogens is 2. The van der Waals surface area contributed by atoms with Gasteiger partial charge in [-0.2, -0.15) is 0 Å². The lowest BCUT2D eigenvalue weighted by atomic mass is 9.86. The zero-order chi connectivity index (χ0) is 20.4. The maximum atomic E-state index is 12.6. The second-order valence-corrected chi connectivity index (χ2v) is 8.47. The molecule has 1 amide bonds. The molecule has 1 aliphatic heterocycles. The average Bonchev–Trinajstić information content (AvgIpc) is 3.12. The van der Waals surface area contributed by atoms with Crippen LogP contribution in [-0.2, 0) is 16.0 Å². The van der Waals surface area contributed by atoms with E-state index in [1.54, 1.807) is 0 Å². The van der Waals surface area contributed by atoms with Crippen molar-refractivity contribution in [2.75, 3.05) is 26.3 Å². The molecule has 2 fully saturated rings. The highest BCUT2D eigenvalue weighted by molar-refractivity contribution is 5.80. The Kier molecular flexibility index (Phi) is 6.18. The first-order valence-electron chi connectivity index (χ1n) is 10.8. The van der Waals surface area contributed by atoms with Crippen LogP contribution in [0.5, 0.6) is 0 Å². The zero-order valence-electron chi connectivity index (χ0n) is 17.4. The molecule has 4 rings (SSSR count). The molecule has 0 unspecified atom stereocenters. The lowest BCUT2D eigenvalue weighted by Crippen LogP contribution is -2.58. The van der Waals surface area contributed by atoms with Crippen LogP contribution in [0.3, 0.4) is 0 Å². The maximum Gasteiger partial charge on any atom is 0.220 e. The number of hydrogen-bond acceptors (Lipinski definition) is 5. The van der Waals surface area contributed by atoms with Crippen molar-refractivity contribution in [1.82, 2.24) is 20.2 Å². The SMILES string of the molecule is Cc1cc(C)c2nc(CCC(=O)N[C@@H]3CCC[C@@H](N4CCOCC4)[C@@H]3O)[nH]c2c1. The highest BCUT2D eigenvalue weighted by atomic mass is 16.5. The summed E-state index contributed by atoms with van der Waals surface area (Å²) in [6.07, 6.45) is 3.23. The minimum atomic E-state index is -0.525. The van der Waals surface area contributed by atoms with Crippen LogP contribution in [0.1, 0.15) is 42.6 Å². The fourth-order valence-electron chi connectivity index (χ4n) is 4.77. The van der Waals surface area contributed by atoms with E-state index in [4.69, 9.17) is 4.74 Å². The zero-order valence-corrected chi connectivity index (χ0v) is 17.4. The lowest BCUT2D eigenvalue weighted by Gasteiger charge is -2.43. The van der Waals surface area contributed by atoms with Gasteiger partial charge in [-0.15, -0.1) is 0 Å². The minimum absolute atomic E-state index is 0.0231. The Morgan fingerprint density at radius 3 is 2.90 bits per heavy atom. The number of amides is 1. The number of H-pyrrole nitrogens is 1. The number of morpholine rings is 1. The lowest BCUT2D eigenvalue weighted by molar-refractivity contribution is -0.124. The number of hydrogen-bond donors (Lipinski definition) is 3. The third kappa shape index (κ3) is 4.63. The predicted octanol–water partition coefficient (Wildman–Crippen LogP) is 1.84. The summed E-state index contributed by atoms with van der Waals surface area (Å²) in [7, 11) is 0. The third-order valence-electron chi connectivity index (χ3n) is 6.24. The van der Waals surface area contributed by atoms with E-state index in [0.29, 0.717) is 12.8 Å². The Balaban J connectivity index is 1.32. The van der Waals surface area contributed by atoms with Crippen LogP contribution in [0.25, 0.3) is 11.0 Å². The molecule has 29 heavy (non-hydrogen) atoms. The molecule has 1 aromatic heterocycles. The number of nitrogens with zero attached hydrogens (tertiary/aromatic N) is 2. The second kappa shape index (κ2) is 8.81. The molecule has 3 atom stereocenters. The topological polar surface area (TPSA) is 90.5 Å². The maximum absolute atomic E-state index is 12.6. The van der Waals surface area contributed by atoms with Crippen LogP contribution in [0.2, 0.25) is 0 Å². The van der Waals surface area contributed by atoms with E-state index in [9.17, 15) is 9.90 Å². The Morgan fingerprint density at radius 1 is 1.31 bits per heavy atom. The van der Waals surface area contributed by atoms with Gasteiger partial charge in [-0.1, -0.05) is 6.07 Å². The summed E-state index contributed by atoms with van der Waals surface area (Å²) in [5, 5.41) is 13.9. The van der Waals surface area contributed by atoms with Gasteiger partial charge in [0, 0.05) is 32.0 Å². The Labute approximate surface area is 171 Å². The summed E-state index contributed by atoms with van der Waals surface area (Å²) in [5.41, 5.74) is 4.34. The van der Waals surface area contributed by atoms with Crippen LogP contribution >= 0.6 is 0 Å². The quantitative estimate of drug-likeness (QED) is 0.713. The molecule has 158 valence electrons. The number of imidazole rings is 1. The van der Waals surface area contributed by atoms with Crippen molar-refractivity contribution < 1.29 is 14.6 Å². The van der Waals surface area contributed by atoms with Crippen molar-refractivity contribution in [3.05, 3.63) is 29.1 Å². The summed E-state index contributed by atoms with van der Waals surface area (Å²) in [4.78, 5) is 22.9. The number of aliphatic hydroxyl groups is 1. The van der Waals surface area contributed by atoms with Crippen molar-refractivity contribution in [2.45, 2.75) is 64.1 Å². The molecule has 1 aliphatic carbocycles. The normalized spacial score (nSPS) is 26.0. The van der Waals surface area contributed by atoms with Gasteiger partial charge in [0.15, 0.2) is 0 Å². The van der Waals surface area contributed by atoms with Gasteiger partial charge in [0.05, 0.1) is 36.4 Å². The molecule has 7 heteroatoms. The largest absolute Gasteiger partial charge is 0.389 e. The first kappa shape index (κ1) is 20.3. The van der Waals surface area contributed by atoms with E-state index in [0.717, 1.165) is 68.0 Å². The molecule has 2 aliphatic rings. The fraction of sp³-hybridized carbons (Fsp3) is 0.636. The monoisotopic (exact) mass is 400 g/mol. The Morgan fingerprint density at radius 2 is 2.10 bits per heavy atom. The molecular weight excluding hydrogens is 368 g/mol. The highest BCUT2D eigenvalue weighted by Crippen LogP contribution is 2.25. The van der Waals surface area contributed by atoms with Gasteiger partial charge < -0.3 is 20.1 Å². The standard InChI is InChI=1S/C22H32N4O3/c1-14-12-15(2)21-17(13-14)23-19(25-21)6-7-20(27)24-16-4-3-5-18(22(16)28)26-8-10-29-11-9-26/h12-13,16,18,22,28H,3-11H2,1-2H3,(H,23,25)(H,24,27)/t16-,18-,22-/m1/s1. The molecule has 0 radical (unpaired) electrons. The summed E-state index contributed by atoms with van der Waals surface area (Å²) >= 11 is 0.